The average molecular weight is 400 g/mol. The van der Waals surface area contributed by atoms with Crippen molar-refractivity contribution in [3.63, 3.8) is 0 Å². The monoisotopic (exact) mass is 400 g/mol. The lowest BCUT2D eigenvalue weighted by Gasteiger charge is -2.14. The Morgan fingerprint density at radius 1 is 1.10 bits per heavy atom. The number of fused-ring (bicyclic) bond motifs is 1. The maximum absolute atomic E-state index is 13.1. The fourth-order valence-electron chi connectivity index (χ4n) is 3.48. The van der Waals surface area contributed by atoms with Crippen molar-refractivity contribution in [3.8, 4) is 28.7 Å². The Labute approximate surface area is 170 Å². The van der Waals surface area contributed by atoms with E-state index in [2.05, 4.69) is 0 Å². The number of ether oxygens (including phenoxy) is 4. The van der Waals surface area contributed by atoms with Gasteiger partial charge in [-0.3, -0.25) is 4.79 Å². The number of carbonyl (C=O) groups is 1. The Bertz CT molecular complexity index is 994. The smallest absolute Gasteiger partial charge is 0.232 e. The maximum Gasteiger partial charge on any atom is 0.232 e. The molecule has 0 amide bonds. The first kappa shape index (κ1) is 20.5. The molecule has 0 saturated heterocycles. The van der Waals surface area contributed by atoms with E-state index in [1.54, 1.807) is 38.3 Å². The minimum atomic E-state index is -0.232. The molecule has 1 heterocycles. The van der Waals surface area contributed by atoms with Gasteiger partial charge in [0, 0.05) is 5.56 Å². The van der Waals surface area contributed by atoms with Crippen LogP contribution < -0.4 is 23.8 Å². The third kappa shape index (κ3) is 3.61. The second-order valence-electron chi connectivity index (χ2n) is 7.14. The van der Waals surface area contributed by atoms with Gasteiger partial charge in [0.25, 0.3) is 0 Å². The molecule has 3 rings (SSSR count). The van der Waals surface area contributed by atoms with E-state index in [0.717, 1.165) is 4.90 Å². The summed E-state index contributed by atoms with van der Waals surface area (Å²) >= 11 is 0. The lowest BCUT2D eigenvalue weighted by atomic mass is 9.99. The number of Topliss-reactive ketones (excluding diaryl/α,β-unsaturated/α-hetero) is 1. The second-order valence-corrected chi connectivity index (χ2v) is 7.14. The summed E-state index contributed by atoms with van der Waals surface area (Å²) in [6.45, 7) is 2.31. The highest BCUT2D eigenvalue weighted by Crippen LogP contribution is 2.44. The van der Waals surface area contributed by atoms with Crippen LogP contribution in [0.25, 0.3) is 6.08 Å². The number of aryl methyl sites for hydroxylation is 1. The van der Waals surface area contributed by atoms with Gasteiger partial charge in [0.05, 0.1) is 46.6 Å². The number of nitrogens with one attached hydrogen (secondary N) is 1. The summed E-state index contributed by atoms with van der Waals surface area (Å²) in [6.07, 6.45) is 1.62. The van der Waals surface area contributed by atoms with Crippen LogP contribution in [0, 0.1) is 6.92 Å². The Morgan fingerprint density at radius 2 is 1.79 bits per heavy atom. The number of hydrogen-bond donors (Lipinski definition) is 2. The summed E-state index contributed by atoms with van der Waals surface area (Å²) in [4.78, 5) is 14.2. The molecule has 2 aromatic carbocycles. The molecule has 29 heavy (non-hydrogen) atoms. The summed E-state index contributed by atoms with van der Waals surface area (Å²) < 4.78 is 22.2. The van der Waals surface area contributed by atoms with Crippen molar-refractivity contribution in [3.05, 3.63) is 46.2 Å². The maximum atomic E-state index is 13.1. The molecule has 0 atom stereocenters. The average Bonchev–Trinajstić information content (AvgIpc) is 3.01. The van der Waals surface area contributed by atoms with Gasteiger partial charge in [-0.1, -0.05) is 0 Å². The first-order valence-corrected chi connectivity index (χ1v) is 9.20. The van der Waals surface area contributed by atoms with Crippen LogP contribution in [0.4, 0.5) is 0 Å². The minimum Gasteiger partial charge on any atom is -0.507 e. The Balaban J connectivity index is 2.12. The zero-order chi connectivity index (χ0) is 21.3. The molecule has 0 aromatic heterocycles. The van der Waals surface area contributed by atoms with Gasteiger partial charge in [-0.15, -0.1) is 0 Å². The molecule has 7 nitrogen and oxygen atoms in total. The standard InChI is InChI=1S/C22H25NO6/c1-12-9-15(24)14(11-23(2)3)21-18(12)19(25)17(29-21)10-13-7-8-16(26-4)22(28-6)20(13)27-5/h7-10,24H,11H2,1-6H3/p+1/b17-10-. The lowest BCUT2D eigenvalue weighted by Crippen LogP contribution is -3.04. The quantitative estimate of drug-likeness (QED) is 0.722. The van der Waals surface area contributed by atoms with Crippen molar-refractivity contribution < 1.29 is 33.7 Å². The number of phenolic OH excluding ortho intramolecular Hbond substituents is 1. The lowest BCUT2D eigenvalue weighted by molar-refractivity contribution is -0.872. The van der Waals surface area contributed by atoms with Crippen LogP contribution >= 0.6 is 0 Å². The largest absolute Gasteiger partial charge is 0.507 e. The fraction of sp³-hybridized carbons (Fsp3) is 0.318. The summed E-state index contributed by atoms with van der Waals surface area (Å²) in [5.74, 6) is 1.85. The second kappa shape index (κ2) is 8.05. The van der Waals surface area contributed by atoms with Gasteiger partial charge in [0.1, 0.15) is 12.3 Å². The summed E-state index contributed by atoms with van der Waals surface area (Å²) in [5.41, 5.74) is 2.37. The molecule has 1 aliphatic heterocycles. The molecular weight excluding hydrogens is 374 g/mol. The molecule has 2 N–H and O–H groups in total. The van der Waals surface area contributed by atoms with Crippen molar-refractivity contribution in [2.45, 2.75) is 13.5 Å². The Kier molecular flexibility index (Phi) is 5.70. The molecule has 1 aliphatic rings. The van der Waals surface area contributed by atoms with Gasteiger partial charge < -0.3 is 29.0 Å². The zero-order valence-electron chi connectivity index (χ0n) is 17.5. The summed E-state index contributed by atoms with van der Waals surface area (Å²) in [6, 6.07) is 5.11. The van der Waals surface area contributed by atoms with E-state index in [9.17, 15) is 9.90 Å². The van der Waals surface area contributed by atoms with E-state index in [1.165, 1.54) is 14.2 Å². The SMILES string of the molecule is COc1ccc(/C=C2\Oc3c(C[NH+](C)C)c(O)cc(C)c3C2=O)c(OC)c1OC. The molecule has 154 valence electrons. The van der Waals surface area contributed by atoms with E-state index >= 15 is 0 Å². The van der Waals surface area contributed by atoms with E-state index in [1.807, 2.05) is 14.1 Å². The van der Waals surface area contributed by atoms with Crippen molar-refractivity contribution in [2.75, 3.05) is 35.4 Å². The highest BCUT2D eigenvalue weighted by atomic mass is 16.5. The van der Waals surface area contributed by atoms with Gasteiger partial charge in [-0.25, -0.2) is 0 Å². The van der Waals surface area contributed by atoms with Gasteiger partial charge in [-0.2, -0.15) is 0 Å². The Morgan fingerprint density at radius 3 is 2.38 bits per heavy atom. The molecule has 0 bridgehead atoms. The number of quaternary nitrogens is 1. The third-order valence-corrected chi connectivity index (χ3v) is 4.77. The van der Waals surface area contributed by atoms with Crippen LogP contribution in [0.3, 0.4) is 0 Å². The van der Waals surface area contributed by atoms with Crippen LogP contribution in [-0.2, 0) is 6.54 Å². The highest BCUT2D eigenvalue weighted by Gasteiger charge is 2.34. The Hall–Kier alpha value is -3.19. The van der Waals surface area contributed by atoms with E-state index in [0.29, 0.717) is 51.8 Å². The normalized spacial score (nSPS) is 14.2. The molecule has 0 unspecified atom stereocenters. The van der Waals surface area contributed by atoms with Crippen LogP contribution in [0.2, 0.25) is 0 Å². The number of rotatable bonds is 6. The number of aromatic hydroxyl groups is 1. The van der Waals surface area contributed by atoms with Crippen LogP contribution in [-0.4, -0.2) is 46.3 Å². The van der Waals surface area contributed by atoms with Crippen molar-refractivity contribution in [1.29, 1.82) is 0 Å². The van der Waals surface area contributed by atoms with Crippen LogP contribution in [0.5, 0.6) is 28.7 Å². The molecule has 0 aliphatic carbocycles. The molecule has 0 fully saturated rings. The van der Waals surface area contributed by atoms with E-state index < -0.39 is 0 Å². The van der Waals surface area contributed by atoms with E-state index in [-0.39, 0.29) is 17.3 Å². The van der Waals surface area contributed by atoms with Gasteiger partial charge in [-0.05, 0) is 36.8 Å². The number of phenols is 1. The number of ketones is 1. The first-order valence-electron chi connectivity index (χ1n) is 9.20. The predicted octanol–water partition coefficient (Wildman–Crippen LogP) is 1.99. The van der Waals surface area contributed by atoms with Crippen molar-refractivity contribution in [2.24, 2.45) is 0 Å². The molecule has 0 saturated carbocycles. The van der Waals surface area contributed by atoms with Crippen LogP contribution in [0.1, 0.15) is 27.0 Å². The number of carbonyl (C=O) groups excluding carboxylic acids is 1. The number of methoxy groups -OCH3 is 3. The van der Waals surface area contributed by atoms with Gasteiger partial charge in [0.15, 0.2) is 23.0 Å². The molecule has 7 heteroatoms. The molecule has 0 radical (unpaired) electrons. The van der Waals surface area contributed by atoms with Crippen LogP contribution in [0.15, 0.2) is 24.0 Å². The zero-order valence-corrected chi connectivity index (χ0v) is 17.5. The third-order valence-electron chi connectivity index (χ3n) is 4.77. The summed E-state index contributed by atoms with van der Waals surface area (Å²) in [5, 5.41) is 10.4. The minimum absolute atomic E-state index is 0.125. The number of hydrogen-bond acceptors (Lipinski definition) is 6. The highest BCUT2D eigenvalue weighted by molar-refractivity contribution is 6.16. The fourth-order valence-corrected chi connectivity index (χ4v) is 3.48. The molecular formula is C22H26NO6+. The molecule has 0 spiro atoms. The number of allylic oxidation sites excluding steroid dienone is 1. The van der Waals surface area contributed by atoms with Crippen molar-refractivity contribution in [1.82, 2.24) is 0 Å². The topological polar surface area (TPSA) is 78.7 Å². The van der Waals surface area contributed by atoms with Gasteiger partial charge >= 0.3 is 0 Å². The van der Waals surface area contributed by atoms with Crippen molar-refractivity contribution >= 4 is 11.9 Å². The molecule has 2 aromatic rings. The van der Waals surface area contributed by atoms with E-state index in [4.69, 9.17) is 18.9 Å². The summed E-state index contributed by atoms with van der Waals surface area (Å²) in [7, 11) is 8.51. The number of benzene rings is 2. The van der Waals surface area contributed by atoms with Gasteiger partial charge in [0.2, 0.25) is 11.5 Å². The predicted molar refractivity (Wildman–Crippen MR) is 108 cm³/mol. The first-order chi connectivity index (χ1) is 13.8.